The van der Waals surface area contributed by atoms with Gasteiger partial charge in [0, 0.05) is 0 Å². The topological polar surface area (TPSA) is 90.8 Å². The number of aromatic carboxylic acids is 1. The summed E-state index contributed by atoms with van der Waals surface area (Å²) in [5, 5.41) is 14.0. The van der Waals surface area contributed by atoms with Crippen LogP contribution in [0.3, 0.4) is 0 Å². The van der Waals surface area contributed by atoms with E-state index in [9.17, 15) is 14.7 Å². The summed E-state index contributed by atoms with van der Waals surface area (Å²) in [5.74, 6) is -0.848. The average molecular weight is 367 g/mol. The van der Waals surface area contributed by atoms with Crippen molar-refractivity contribution in [3.8, 4) is 5.75 Å². The standard InChI is InChI=1S/C19H16N2O4S/c1-2-25-15-6-4-3-5-14(15)20-19-21-17(22)16(26-19)11-12-7-9-13(10-8-12)18(23)24/h3-11H,2H2,1H3,(H,23,24)(H,20,21,22)/p-1/b16-11-. The lowest BCUT2D eigenvalue weighted by Crippen LogP contribution is -2.21. The number of nitrogens with one attached hydrogen (secondary N) is 1. The minimum Gasteiger partial charge on any atom is -0.545 e. The van der Waals surface area contributed by atoms with Crippen molar-refractivity contribution in [1.82, 2.24) is 5.32 Å². The van der Waals surface area contributed by atoms with Crippen molar-refractivity contribution in [2.45, 2.75) is 6.92 Å². The molecule has 2 aromatic rings. The molecule has 1 amide bonds. The lowest BCUT2D eigenvalue weighted by molar-refractivity contribution is -0.255. The number of thioether (sulfide) groups is 1. The Morgan fingerprint density at radius 1 is 1.23 bits per heavy atom. The Balaban J connectivity index is 1.81. The van der Waals surface area contributed by atoms with E-state index in [0.717, 1.165) is 0 Å². The van der Waals surface area contributed by atoms with Crippen LogP contribution in [0, 0.1) is 0 Å². The maximum absolute atomic E-state index is 12.1. The summed E-state index contributed by atoms with van der Waals surface area (Å²) in [6.07, 6.45) is 1.68. The molecule has 0 aliphatic carbocycles. The highest BCUT2D eigenvalue weighted by Gasteiger charge is 2.24. The molecule has 3 rings (SSSR count). The van der Waals surface area contributed by atoms with E-state index in [-0.39, 0.29) is 11.5 Å². The summed E-state index contributed by atoms with van der Waals surface area (Å²) >= 11 is 1.21. The summed E-state index contributed by atoms with van der Waals surface area (Å²) in [6.45, 7) is 2.41. The Hall–Kier alpha value is -3.06. The first kappa shape index (κ1) is 17.8. The second-order valence-corrected chi connectivity index (χ2v) is 6.32. The number of amides is 1. The van der Waals surface area contributed by atoms with E-state index < -0.39 is 5.97 Å². The van der Waals surface area contributed by atoms with Crippen molar-refractivity contribution in [2.24, 2.45) is 4.99 Å². The Labute approximate surface area is 154 Å². The van der Waals surface area contributed by atoms with Crippen LogP contribution >= 0.6 is 11.8 Å². The minimum atomic E-state index is -1.24. The van der Waals surface area contributed by atoms with Gasteiger partial charge in [-0.2, -0.15) is 0 Å². The van der Waals surface area contributed by atoms with Gasteiger partial charge in [0.2, 0.25) is 0 Å². The predicted molar refractivity (Wildman–Crippen MR) is 99.2 cm³/mol. The summed E-state index contributed by atoms with van der Waals surface area (Å²) in [6, 6.07) is 13.4. The van der Waals surface area contributed by atoms with Crippen molar-refractivity contribution in [1.29, 1.82) is 0 Å². The van der Waals surface area contributed by atoms with Crippen LogP contribution in [0.25, 0.3) is 6.08 Å². The molecule has 0 saturated carbocycles. The number of amidine groups is 1. The van der Waals surface area contributed by atoms with E-state index in [1.807, 2.05) is 31.2 Å². The molecule has 1 N–H and O–H groups in total. The molecule has 132 valence electrons. The summed E-state index contributed by atoms with van der Waals surface area (Å²) < 4.78 is 5.53. The van der Waals surface area contributed by atoms with Gasteiger partial charge in [-0.25, -0.2) is 4.99 Å². The number of ether oxygens (including phenoxy) is 1. The van der Waals surface area contributed by atoms with Gasteiger partial charge in [-0.1, -0.05) is 36.4 Å². The normalized spacial score (nSPS) is 16.7. The second kappa shape index (κ2) is 7.88. The van der Waals surface area contributed by atoms with Crippen molar-refractivity contribution < 1.29 is 19.4 Å². The number of carbonyl (C=O) groups excluding carboxylic acids is 2. The first-order chi connectivity index (χ1) is 12.6. The van der Waals surface area contributed by atoms with E-state index in [2.05, 4.69) is 10.3 Å². The number of hydrogen-bond donors (Lipinski definition) is 1. The van der Waals surface area contributed by atoms with Crippen molar-refractivity contribution >= 4 is 40.6 Å². The highest BCUT2D eigenvalue weighted by molar-refractivity contribution is 8.18. The molecular weight excluding hydrogens is 352 g/mol. The van der Waals surface area contributed by atoms with Gasteiger partial charge in [-0.15, -0.1) is 0 Å². The number of carbonyl (C=O) groups is 2. The maximum Gasteiger partial charge on any atom is 0.264 e. The van der Waals surface area contributed by atoms with Crippen LogP contribution in [0.15, 0.2) is 58.4 Å². The molecule has 7 heteroatoms. The molecule has 1 fully saturated rings. The fourth-order valence-corrected chi connectivity index (χ4v) is 3.12. The third-order valence-corrected chi connectivity index (χ3v) is 4.39. The zero-order valence-electron chi connectivity index (χ0n) is 13.9. The largest absolute Gasteiger partial charge is 0.545 e. The quantitative estimate of drug-likeness (QED) is 0.819. The van der Waals surface area contributed by atoms with Gasteiger partial charge in [0.25, 0.3) is 5.91 Å². The third-order valence-electron chi connectivity index (χ3n) is 3.48. The maximum atomic E-state index is 12.1. The molecule has 1 saturated heterocycles. The molecule has 0 unspecified atom stereocenters. The number of carboxylic acid groups (broad SMARTS) is 1. The van der Waals surface area contributed by atoms with E-state index in [4.69, 9.17) is 4.74 Å². The molecular formula is C19H15N2O4S-. The molecule has 0 atom stereocenters. The third kappa shape index (κ3) is 4.12. The number of nitrogens with zero attached hydrogens (tertiary/aromatic N) is 1. The molecule has 6 nitrogen and oxygen atoms in total. The average Bonchev–Trinajstić information content (AvgIpc) is 2.96. The van der Waals surface area contributed by atoms with Crippen LogP contribution in [0.5, 0.6) is 5.75 Å². The molecule has 1 aliphatic rings. The Bertz CT molecular complexity index is 904. The Morgan fingerprint density at radius 2 is 1.96 bits per heavy atom. The number of hydrogen-bond acceptors (Lipinski definition) is 6. The van der Waals surface area contributed by atoms with Gasteiger partial charge in [-0.3, -0.25) is 4.79 Å². The number of para-hydroxylation sites is 2. The van der Waals surface area contributed by atoms with E-state index in [1.165, 1.54) is 23.9 Å². The summed E-state index contributed by atoms with van der Waals surface area (Å²) in [4.78, 5) is 27.9. The number of aliphatic imine (C=N–C) groups is 1. The molecule has 1 heterocycles. The number of carboxylic acids is 1. The Kier molecular flexibility index (Phi) is 5.38. The lowest BCUT2D eigenvalue weighted by atomic mass is 10.1. The van der Waals surface area contributed by atoms with E-state index in [0.29, 0.717) is 33.7 Å². The zero-order valence-corrected chi connectivity index (χ0v) is 14.7. The lowest BCUT2D eigenvalue weighted by Gasteiger charge is -2.06. The SMILES string of the molecule is CCOc1ccccc1N=C1NC(=O)/C(=C/c2ccc(C(=O)[O-])cc2)S1. The van der Waals surface area contributed by atoms with Crippen LogP contribution in [0.1, 0.15) is 22.8 Å². The molecule has 0 radical (unpaired) electrons. The van der Waals surface area contributed by atoms with Crippen LogP contribution in [-0.4, -0.2) is 23.7 Å². The minimum absolute atomic E-state index is 0.0884. The fraction of sp³-hybridized carbons (Fsp3) is 0.105. The van der Waals surface area contributed by atoms with Crippen molar-refractivity contribution in [3.63, 3.8) is 0 Å². The van der Waals surface area contributed by atoms with Crippen LogP contribution in [0.4, 0.5) is 5.69 Å². The van der Waals surface area contributed by atoms with Gasteiger partial charge in [0.15, 0.2) is 5.17 Å². The Morgan fingerprint density at radius 3 is 2.65 bits per heavy atom. The predicted octanol–water partition coefficient (Wildman–Crippen LogP) is 2.34. The highest BCUT2D eigenvalue weighted by Crippen LogP contribution is 2.32. The van der Waals surface area contributed by atoms with Crippen LogP contribution < -0.4 is 15.2 Å². The zero-order chi connectivity index (χ0) is 18.5. The van der Waals surface area contributed by atoms with E-state index in [1.54, 1.807) is 18.2 Å². The smallest absolute Gasteiger partial charge is 0.264 e. The number of benzene rings is 2. The first-order valence-electron chi connectivity index (χ1n) is 7.89. The molecule has 0 bridgehead atoms. The van der Waals surface area contributed by atoms with Gasteiger partial charge >= 0.3 is 0 Å². The molecule has 0 aromatic heterocycles. The molecule has 2 aromatic carbocycles. The van der Waals surface area contributed by atoms with Crippen LogP contribution in [-0.2, 0) is 4.79 Å². The summed E-state index contributed by atoms with van der Waals surface area (Å²) in [5.41, 5.74) is 1.44. The van der Waals surface area contributed by atoms with Gasteiger partial charge in [-0.05, 0) is 48.0 Å². The molecule has 0 spiro atoms. The van der Waals surface area contributed by atoms with Gasteiger partial charge in [0.1, 0.15) is 11.4 Å². The number of rotatable bonds is 5. The van der Waals surface area contributed by atoms with Crippen molar-refractivity contribution in [3.05, 3.63) is 64.6 Å². The summed E-state index contributed by atoms with van der Waals surface area (Å²) in [7, 11) is 0. The van der Waals surface area contributed by atoms with E-state index >= 15 is 0 Å². The molecule has 26 heavy (non-hydrogen) atoms. The van der Waals surface area contributed by atoms with Gasteiger partial charge < -0.3 is 20.0 Å². The van der Waals surface area contributed by atoms with Gasteiger partial charge in [0.05, 0.1) is 17.5 Å². The monoisotopic (exact) mass is 367 g/mol. The molecule has 1 aliphatic heterocycles. The second-order valence-electron chi connectivity index (χ2n) is 5.29. The first-order valence-corrected chi connectivity index (χ1v) is 8.71. The fourth-order valence-electron chi connectivity index (χ4n) is 2.28. The highest BCUT2D eigenvalue weighted by atomic mass is 32.2. The van der Waals surface area contributed by atoms with Crippen LogP contribution in [0.2, 0.25) is 0 Å². The van der Waals surface area contributed by atoms with Crippen molar-refractivity contribution in [2.75, 3.05) is 6.61 Å².